The second kappa shape index (κ2) is 3.34. The molecule has 4 rings (SSSR count). The van der Waals surface area contributed by atoms with Crippen LogP contribution in [0.3, 0.4) is 0 Å². The molecule has 4 nitrogen and oxygen atoms in total. The molecule has 2 fully saturated rings. The Morgan fingerprint density at radius 2 is 1.83 bits per heavy atom. The van der Waals surface area contributed by atoms with Crippen LogP contribution < -0.4 is 0 Å². The lowest BCUT2D eigenvalue weighted by molar-refractivity contribution is -0.141. The summed E-state index contributed by atoms with van der Waals surface area (Å²) < 4.78 is 5.22. The molecule has 4 atom stereocenters. The Bertz CT molecular complexity index is 515. The summed E-state index contributed by atoms with van der Waals surface area (Å²) in [4.78, 5) is 26.1. The molecule has 0 unspecified atom stereocenters. The van der Waals surface area contributed by atoms with Crippen LogP contribution in [0.5, 0.6) is 0 Å². The zero-order chi connectivity index (χ0) is 12.3. The van der Waals surface area contributed by atoms with E-state index in [0.717, 1.165) is 6.42 Å². The maximum absolute atomic E-state index is 12.3. The van der Waals surface area contributed by atoms with E-state index < -0.39 is 0 Å². The molecule has 3 aliphatic rings. The third kappa shape index (κ3) is 1.15. The van der Waals surface area contributed by atoms with Crippen LogP contribution in [0.4, 0.5) is 0 Å². The SMILES string of the molecule is O=C1[C@@H]2[C@@H](C(=O)N1Cc1ccco1)[C@H]1C=C[C@@H]2C1. The van der Waals surface area contributed by atoms with Gasteiger partial charge in [-0.05, 0) is 30.4 Å². The quantitative estimate of drug-likeness (QED) is 0.585. The highest BCUT2D eigenvalue weighted by atomic mass is 16.3. The van der Waals surface area contributed by atoms with Crippen molar-refractivity contribution in [3.8, 4) is 0 Å². The lowest BCUT2D eigenvalue weighted by Crippen LogP contribution is -2.32. The number of nitrogens with zero attached hydrogens (tertiary/aromatic N) is 1. The number of imide groups is 1. The van der Waals surface area contributed by atoms with Gasteiger partial charge in [0.15, 0.2) is 0 Å². The standard InChI is InChI=1S/C14H13NO3/c16-13-11-8-3-4-9(6-8)12(11)14(17)15(13)7-10-2-1-5-18-10/h1-5,8-9,11-12H,6-7H2/t8-,9+,11-,12-/m0/s1. The van der Waals surface area contributed by atoms with Crippen molar-refractivity contribution in [3.05, 3.63) is 36.3 Å². The third-order valence-corrected chi connectivity index (χ3v) is 4.46. The van der Waals surface area contributed by atoms with Gasteiger partial charge in [-0.2, -0.15) is 0 Å². The lowest BCUT2D eigenvalue weighted by Gasteiger charge is -2.15. The van der Waals surface area contributed by atoms with Crippen molar-refractivity contribution in [1.29, 1.82) is 0 Å². The average Bonchev–Trinajstić information content (AvgIpc) is 3.10. The van der Waals surface area contributed by atoms with Gasteiger partial charge < -0.3 is 4.42 Å². The van der Waals surface area contributed by atoms with Crippen molar-refractivity contribution in [1.82, 2.24) is 4.90 Å². The summed E-state index contributed by atoms with van der Waals surface area (Å²) in [5.74, 6) is 0.967. The molecule has 0 spiro atoms. The normalized spacial score (nSPS) is 36.8. The van der Waals surface area contributed by atoms with E-state index in [1.54, 1.807) is 18.4 Å². The van der Waals surface area contributed by atoms with Gasteiger partial charge in [0, 0.05) is 0 Å². The van der Waals surface area contributed by atoms with Gasteiger partial charge in [0.25, 0.3) is 0 Å². The van der Waals surface area contributed by atoms with Gasteiger partial charge in [0.05, 0.1) is 24.6 Å². The van der Waals surface area contributed by atoms with Crippen molar-refractivity contribution < 1.29 is 14.0 Å². The second-order valence-electron chi connectivity index (χ2n) is 5.34. The molecule has 18 heavy (non-hydrogen) atoms. The van der Waals surface area contributed by atoms with Crippen molar-refractivity contribution in [2.75, 3.05) is 0 Å². The Labute approximate surface area is 104 Å². The molecular weight excluding hydrogens is 230 g/mol. The number of carbonyl (C=O) groups excluding carboxylic acids is 2. The summed E-state index contributed by atoms with van der Waals surface area (Å²) in [6.07, 6.45) is 6.74. The fourth-order valence-electron chi connectivity index (χ4n) is 3.68. The molecule has 2 amide bonds. The summed E-state index contributed by atoms with van der Waals surface area (Å²) in [6.45, 7) is 0.275. The van der Waals surface area contributed by atoms with Crippen molar-refractivity contribution in [2.24, 2.45) is 23.7 Å². The molecule has 2 bridgehead atoms. The minimum Gasteiger partial charge on any atom is -0.467 e. The molecule has 1 saturated carbocycles. The van der Waals surface area contributed by atoms with Crippen LogP contribution in [-0.2, 0) is 16.1 Å². The molecule has 0 N–H and O–H groups in total. The first kappa shape index (κ1) is 10.1. The van der Waals surface area contributed by atoms with E-state index >= 15 is 0 Å². The first-order chi connectivity index (χ1) is 8.75. The first-order valence-corrected chi connectivity index (χ1v) is 6.31. The fourth-order valence-corrected chi connectivity index (χ4v) is 3.68. The molecule has 2 aliphatic carbocycles. The number of likely N-dealkylation sites (tertiary alicyclic amines) is 1. The number of rotatable bonds is 2. The van der Waals surface area contributed by atoms with Gasteiger partial charge in [-0.15, -0.1) is 0 Å². The minimum atomic E-state index is -0.109. The van der Waals surface area contributed by atoms with Gasteiger partial charge >= 0.3 is 0 Å². The highest BCUT2D eigenvalue weighted by molar-refractivity contribution is 6.06. The maximum Gasteiger partial charge on any atom is 0.234 e. The van der Waals surface area contributed by atoms with Gasteiger partial charge in [-0.1, -0.05) is 12.2 Å². The number of fused-ring (bicyclic) bond motifs is 5. The van der Waals surface area contributed by atoms with Gasteiger partial charge in [-0.3, -0.25) is 14.5 Å². The Kier molecular flexibility index (Phi) is 1.88. The maximum atomic E-state index is 12.3. The molecule has 1 aliphatic heterocycles. The predicted octanol–water partition coefficient (Wildman–Crippen LogP) is 1.59. The molecule has 1 aromatic rings. The molecular formula is C14H13NO3. The summed E-state index contributed by atoms with van der Waals surface area (Å²) >= 11 is 0. The summed E-state index contributed by atoms with van der Waals surface area (Å²) in [7, 11) is 0. The number of hydrogen-bond acceptors (Lipinski definition) is 3. The average molecular weight is 243 g/mol. The van der Waals surface area contributed by atoms with Crippen molar-refractivity contribution >= 4 is 11.8 Å². The number of hydrogen-bond donors (Lipinski definition) is 0. The van der Waals surface area contributed by atoms with Gasteiger partial charge in [0.1, 0.15) is 5.76 Å². The number of amides is 2. The topological polar surface area (TPSA) is 50.5 Å². The minimum absolute atomic E-state index is 0.0155. The molecule has 0 radical (unpaired) electrons. The second-order valence-corrected chi connectivity index (χ2v) is 5.34. The Morgan fingerprint density at radius 1 is 1.17 bits per heavy atom. The van der Waals surface area contributed by atoms with Gasteiger partial charge in [-0.25, -0.2) is 0 Å². The smallest absolute Gasteiger partial charge is 0.234 e. The summed E-state index contributed by atoms with van der Waals surface area (Å²) in [5.41, 5.74) is 0. The molecule has 2 heterocycles. The third-order valence-electron chi connectivity index (χ3n) is 4.46. The lowest BCUT2D eigenvalue weighted by atomic mass is 9.85. The molecule has 4 heteroatoms. The van der Waals surface area contributed by atoms with Crippen LogP contribution in [0.15, 0.2) is 35.0 Å². The van der Waals surface area contributed by atoms with E-state index in [-0.39, 0.29) is 42.0 Å². The van der Waals surface area contributed by atoms with E-state index in [0.29, 0.717) is 5.76 Å². The zero-order valence-electron chi connectivity index (χ0n) is 9.78. The highest BCUT2D eigenvalue weighted by Crippen LogP contribution is 2.52. The van der Waals surface area contributed by atoms with E-state index in [2.05, 4.69) is 12.2 Å². The van der Waals surface area contributed by atoms with Crippen molar-refractivity contribution in [2.45, 2.75) is 13.0 Å². The largest absolute Gasteiger partial charge is 0.467 e. The van der Waals surface area contributed by atoms with E-state index in [4.69, 9.17) is 4.42 Å². The van der Waals surface area contributed by atoms with E-state index in [9.17, 15) is 9.59 Å². The monoisotopic (exact) mass is 243 g/mol. The van der Waals surface area contributed by atoms with Crippen LogP contribution in [0.1, 0.15) is 12.2 Å². The van der Waals surface area contributed by atoms with Gasteiger partial charge in [0.2, 0.25) is 11.8 Å². The summed E-state index contributed by atoms with van der Waals surface area (Å²) in [6, 6.07) is 3.56. The first-order valence-electron chi connectivity index (χ1n) is 6.31. The van der Waals surface area contributed by atoms with Crippen molar-refractivity contribution in [3.63, 3.8) is 0 Å². The van der Waals surface area contributed by atoms with Crippen LogP contribution in [0.2, 0.25) is 0 Å². The van der Waals surface area contributed by atoms with E-state index in [1.165, 1.54) is 4.90 Å². The number of furan rings is 1. The molecule has 1 aromatic heterocycles. The summed E-state index contributed by atoms with van der Waals surface area (Å²) in [5, 5.41) is 0. The van der Waals surface area contributed by atoms with Crippen LogP contribution in [0, 0.1) is 23.7 Å². The fraction of sp³-hybridized carbons (Fsp3) is 0.429. The highest BCUT2D eigenvalue weighted by Gasteiger charge is 2.59. The Hall–Kier alpha value is -1.84. The molecule has 0 aromatic carbocycles. The van der Waals surface area contributed by atoms with Crippen LogP contribution in [0.25, 0.3) is 0 Å². The number of allylic oxidation sites excluding steroid dienone is 2. The Balaban J connectivity index is 1.64. The predicted molar refractivity (Wildman–Crippen MR) is 62.0 cm³/mol. The molecule has 92 valence electrons. The van der Waals surface area contributed by atoms with E-state index in [1.807, 2.05) is 0 Å². The zero-order valence-corrected chi connectivity index (χ0v) is 9.78. The molecule has 1 saturated heterocycles. The van der Waals surface area contributed by atoms with Crippen LogP contribution >= 0.6 is 0 Å². The number of carbonyl (C=O) groups is 2. The van der Waals surface area contributed by atoms with Crippen LogP contribution in [-0.4, -0.2) is 16.7 Å². The Morgan fingerprint density at radius 3 is 2.39 bits per heavy atom.